The summed E-state index contributed by atoms with van der Waals surface area (Å²) in [6, 6.07) is 6.13. The lowest BCUT2D eigenvalue weighted by atomic mass is 10.0. The Hall–Kier alpha value is -1.46. The predicted molar refractivity (Wildman–Crippen MR) is 143 cm³/mol. The SMILES string of the molecule is CCCCCCCCCCCCCCCCOCC1CN(CCCC[n+]2ccccc2)C(=O)CO1. The molecule has 1 aliphatic rings. The number of morpholine rings is 1. The Balaban J connectivity index is 1.37. The van der Waals surface area contributed by atoms with Crippen molar-refractivity contribution in [1.29, 1.82) is 0 Å². The Kier molecular flexibility index (Phi) is 17.6. The number of carbonyl (C=O) groups is 1. The van der Waals surface area contributed by atoms with E-state index in [1.165, 1.54) is 83.5 Å². The maximum atomic E-state index is 12.2. The van der Waals surface area contributed by atoms with E-state index in [-0.39, 0.29) is 18.6 Å². The van der Waals surface area contributed by atoms with E-state index in [0.717, 1.165) is 39.0 Å². The van der Waals surface area contributed by atoms with Crippen LogP contribution in [-0.4, -0.2) is 49.8 Å². The van der Waals surface area contributed by atoms with Crippen LogP contribution in [0, 0.1) is 0 Å². The molecule has 5 heteroatoms. The number of aryl methyl sites for hydroxylation is 1. The van der Waals surface area contributed by atoms with Crippen LogP contribution in [0.25, 0.3) is 0 Å². The quantitative estimate of drug-likeness (QED) is 0.138. The lowest BCUT2D eigenvalue weighted by molar-refractivity contribution is -0.697. The second kappa shape index (κ2) is 20.7. The molecule has 0 saturated carbocycles. The molecule has 2 heterocycles. The zero-order chi connectivity index (χ0) is 24.8. The molecule has 1 aromatic rings. The summed E-state index contributed by atoms with van der Waals surface area (Å²) >= 11 is 0. The maximum absolute atomic E-state index is 12.2. The first-order valence-electron chi connectivity index (χ1n) is 14.7. The maximum Gasteiger partial charge on any atom is 0.248 e. The summed E-state index contributed by atoms with van der Waals surface area (Å²) in [6.45, 7) is 6.35. The molecule has 200 valence electrons. The number of pyridine rings is 1. The van der Waals surface area contributed by atoms with E-state index < -0.39 is 0 Å². The van der Waals surface area contributed by atoms with Gasteiger partial charge in [-0.05, 0) is 12.8 Å². The van der Waals surface area contributed by atoms with Crippen molar-refractivity contribution in [2.45, 2.75) is 122 Å². The summed E-state index contributed by atoms with van der Waals surface area (Å²) in [5, 5.41) is 0. The fraction of sp³-hybridized carbons (Fsp3) is 0.800. The van der Waals surface area contributed by atoms with Crippen LogP contribution in [0.15, 0.2) is 30.6 Å². The number of aromatic nitrogens is 1. The Morgan fingerprint density at radius 1 is 0.829 bits per heavy atom. The molecule has 2 rings (SSSR count). The average Bonchev–Trinajstić information content (AvgIpc) is 2.88. The predicted octanol–water partition coefficient (Wildman–Crippen LogP) is 6.48. The van der Waals surface area contributed by atoms with Crippen LogP contribution < -0.4 is 4.57 Å². The minimum absolute atomic E-state index is 0.0165. The van der Waals surface area contributed by atoms with Gasteiger partial charge in [0.15, 0.2) is 12.4 Å². The molecule has 1 atom stereocenters. The van der Waals surface area contributed by atoms with Gasteiger partial charge in [0.2, 0.25) is 5.91 Å². The van der Waals surface area contributed by atoms with Gasteiger partial charge in [-0.3, -0.25) is 4.79 Å². The summed E-state index contributed by atoms with van der Waals surface area (Å²) in [6.07, 6.45) is 25.5. The fourth-order valence-electron chi connectivity index (χ4n) is 4.79. The van der Waals surface area contributed by atoms with Crippen LogP contribution in [0.4, 0.5) is 0 Å². The van der Waals surface area contributed by atoms with Gasteiger partial charge >= 0.3 is 0 Å². The van der Waals surface area contributed by atoms with E-state index in [9.17, 15) is 4.79 Å². The third kappa shape index (κ3) is 15.3. The molecule has 1 aromatic heterocycles. The largest absolute Gasteiger partial charge is 0.379 e. The number of nitrogens with zero attached hydrogens (tertiary/aromatic N) is 2. The van der Waals surface area contributed by atoms with Crippen molar-refractivity contribution in [3.05, 3.63) is 30.6 Å². The van der Waals surface area contributed by atoms with Crippen molar-refractivity contribution < 1.29 is 18.8 Å². The van der Waals surface area contributed by atoms with E-state index in [1.54, 1.807) is 0 Å². The van der Waals surface area contributed by atoms with E-state index in [2.05, 4.69) is 36.0 Å². The molecule has 5 nitrogen and oxygen atoms in total. The van der Waals surface area contributed by atoms with Crippen molar-refractivity contribution in [2.24, 2.45) is 0 Å². The summed E-state index contributed by atoms with van der Waals surface area (Å²) < 4.78 is 13.8. The molecule has 0 aliphatic carbocycles. The Labute approximate surface area is 215 Å². The van der Waals surface area contributed by atoms with Gasteiger partial charge < -0.3 is 14.4 Å². The third-order valence-corrected chi connectivity index (χ3v) is 7.04. The van der Waals surface area contributed by atoms with Crippen molar-refractivity contribution in [1.82, 2.24) is 4.90 Å². The Morgan fingerprint density at radius 3 is 2.06 bits per heavy atom. The van der Waals surface area contributed by atoms with Gasteiger partial charge in [-0.25, -0.2) is 4.57 Å². The molecule has 0 bridgehead atoms. The molecule has 1 saturated heterocycles. The van der Waals surface area contributed by atoms with Gasteiger partial charge in [0.25, 0.3) is 0 Å². The molecular formula is C30H53N2O3+. The molecule has 35 heavy (non-hydrogen) atoms. The summed E-state index contributed by atoms with van der Waals surface area (Å²) in [5.41, 5.74) is 0. The molecule has 0 aromatic carbocycles. The molecule has 0 N–H and O–H groups in total. The fourth-order valence-corrected chi connectivity index (χ4v) is 4.79. The van der Waals surface area contributed by atoms with Gasteiger partial charge in [0, 0.05) is 38.2 Å². The number of carbonyl (C=O) groups excluding carboxylic acids is 1. The molecule has 0 spiro atoms. The second-order valence-electron chi connectivity index (χ2n) is 10.3. The number of ether oxygens (including phenoxy) is 2. The Morgan fingerprint density at radius 2 is 1.43 bits per heavy atom. The molecular weight excluding hydrogens is 436 g/mol. The van der Waals surface area contributed by atoms with Crippen LogP contribution in [-0.2, 0) is 20.8 Å². The normalized spacial score (nSPS) is 16.2. The molecule has 0 radical (unpaired) electrons. The molecule has 1 unspecified atom stereocenters. The first kappa shape index (κ1) is 29.8. The highest BCUT2D eigenvalue weighted by atomic mass is 16.5. The zero-order valence-electron chi connectivity index (χ0n) is 22.6. The molecule has 1 amide bonds. The van der Waals surface area contributed by atoms with Gasteiger partial charge in [0.1, 0.15) is 13.2 Å². The highest BCUT2D eigenvalue weighted by Gasteiger charge is 2.26. The average molecular weight is 490 g/mol. The topological polar surface area (TPSA) is 42.7 Å². The standard InChI is InChI=1S/C30H53N2O3/c1-2-3-4-5-6-7-8-9-10-11-12-13-14-20-25-34-27-29-26-32(30(33)28-35-29)24-19-18-23-31-21-16-15-17-22-31/h15-17,21-22,29H,2-14,18-20,23-28H2,1H3/q+1. The van der Waals surface area contributed by atoms with Gasteiger partial charge in [-0.1, -0.05) is 96.5 Å². The monoisotopic (exact) mass is 489 g/mol. The third-order valence-electron chi connectivity index (χ3n) is 7.04. The van der Waals surface area contributed by atoms with Crippen LogP contribution in [0.3, 0.4) is 0 Å². The molecule has 1 fully saturated rings. The van der Waals surface area contributed by atoms with Crippen molar-refractivity contribution >= 4 is 5.91 Å². The highest BCUT2D eigenvalue weighted by Crippen LogP contribution is 2.13. The molecule has 1 aliphatic heterocycles. The summed E-state index contributed by atoms with van der Waals surface area (Å²) in [4.78, 5) is 14.1. The van der Waals surface area contributed by atoms with E-state index in [1.807, 2.05) is 11.0 Å². The smallest absolute Gasteiger partial charge is 0.248 e. The number of hydrogen-bond acceptors (Lipinski definition) is 3. The summed E-state index contributed by atoms with van der Waals surface area (Å²) in [7, 11) is 0. The minimum atomic E-state index is 0.0165. The van der Waals surface area contributed by atoms with Crippen LogP contribution in [0.1, 0.15) is 110 Å². The first-order valence-corrected chi connectivity index (χ1v) is 14.7. The van der Waals surface area contributed by atoms with Crippen molar-refractivity contribution in [2.75, 3.05) is 32.9 Å². The lowest BCUT2D eigenvalue weighted by Crippen LogP contribution is -2.48. The van der Waals surface area contributed by atoms with Crippen molar-refractivity contribution in [3.63, 3.8) is 0 Å². The number of hydrogen-bond donors (Lipinski definition) is 0. The summed E-state index contributed by atoms with van der Waals surface area (Å²) in [5.74, 6) is 0.112. The zero-order valence-corrected chi connectivity index (χ0v) is 22.6. The van der Waals surface area contributed by atoms with Crippen molar-refractivity contribution in [3.8, 4) is 0 Å². The minimum Gasteiger partial charge on any atom is -0.379 e. The van der Waals surface area contributed by atoms with Crippen LogP contribution in [0.5, 0.6) is 0 Å². The van der Waals surface area contributed by atoms with Gasteiger partial charge in [-0.2, -0.15) is 0 Å². The van der Waals surface area contributed by atoms with E-state index >= 15 is 0 Å². The van der Waals surface area contributed by atoms with Gasteiger partial charge in [-0.15, -0.1) is 0 Å². The Bertz CT molecular complexity index is 625. The van der Waals surface area contributed by atoms with Gasteiger partial charge in [0.05, 0.1) is 12.7 Å². The number of rotatable bonds is 22. The van der Waals surface area contributed by atoms with E-state index in [4.69, 9.17) is 9.47 Å². The lowest BCUT2D eigenvalue weighted by Gasteiger charge is -2.32. The number of amides is 1. The first-order chi connectivity index (χ1) is 17.3. The van der Waals surface area contributed by atoms with E-state index in [0.29, 0.717) is 13.2 Å². The van der Waals surface area contributed by atoms with Crippen LogP contribution >= 0.6 is 0 Å². The highest BCUT2D eigenvalue weighted by molar-refractivity contribution is 5.78. The second-order valence-corrected chi connectivity index (χ2v) is 10.3. The number of unbranched alkanes of at least 4 members (excludes halogenated alkanes) is 14. The van der Waals surface area contributed by atoms with Crippen LogP contribution in [0.2, 0.25) is 0 Å².